The highest BCUT2D eigenvalue weighted by atomic mass is 16.5. The molecule has 0 spiro atoms. The van der Waals surface area contributed by atoms with Crippen LogP contribution in [0.3, 0.4) is 0 Å². The van der Waals surface area contributed by atoms with Gasteiger partial charge in [0.1, 0.15) is 5.75 Å². The third kappa shape index (κ3) is 5.33. The van der Waals surface area contributed by atoms with Gasteiger partial charge in [-0.05, 0) is 48.0 Å². The van der Waals surface area contributed by atoms with Gasteiger partial charge in [-0.3, -0.25) is 4.98 Å². The molecule has 0 unspecified atom stereocenters. The second-order valence-corrected chi connectivity index (χ2v) is 6.55. The number of ether oxygens (including phenoxy) is 1. The predicted octanol–water partition coefficient (Wildman–Crippen LogP) is 4.93. The van der Waals surface area contributed by atoms with Crippen LogP contribution in [0.25, 0.3) is 11.1 Å². The van der Waals surface area contributed by atoms with E-state index in [4.69, 9.17) is 4.74 Å². The van der Waals surface area contributed by atoms with Crippen molar-refractivity contribution in [1.29, 1.82) is 0 Å². The molecule has 2 heterocycles. The first-order valence-corrected chi connectivity index (χ1v) is 9.51. The fourth-order valence-electron chi connectivity index (χ4n) is 2.86. The van der Waals surface area contributed by atoms with E-state index in [1.807, 2.05) is 36.4 Å². The molecule has 31 heavy (non-hydrogen) atoms. The fraction of sp³-hybridized carbons (Fsp3) is 0.0435. The molecule has 0 saturated carbocycles. The molecule has 0 aliphatic carbocycles. The molecule has 4 aromatic rings. The Labute approximate surface area is 179 Å². The van der Waals surface area contributed by atoms with Crippen LogP contribution < -0.4 is 20.7 Å². The van der Waals surface area contributed by atoms with Crippen LogP contribution >= 0.6 is 0 Å². The van der Waals surface area contributed by atoms with Crippen molar-refractivity contribution in [3.63, 3.8) is 0 Å². The second-order valence-electron chi connectivity index (χ2n) is 6.55. The molecule has 0 fully saturated rings. The lowest BCUT2D eigenvalue weighted by Crippen LogP contribution is -2.19. The topological polar surface area (TPSA) is 101 Å². The Hall–Kier alpha value is -4.46. The molecular weight excluding hydrogens is 392 g/mol. The van der Waals surface area contributed by atoms with E-state index in [0.29, 0.717) is 17.3 Å². The Kier molecular flexibility index (Phi) is 5.99. The number of nitrogens with one attached hydrogen (secondary N) is 3. The zero-order valence-corrected chi connectivity index (χ0v) is 16.7. The number of carbonyl (C=O) groups is 1. The lowest BCUT2D eigenvalue weighted by atomic mass is 10.1. The summed E-state index contributed by atoms with van der Waals surface area (Å²) >= 11 is 0. The van der Waals surface area contributed by atoms with Crippen molar-refractivity contribution in [2.75, 3.05) is 23.1 Å². The largest absolute Gasteiger partial charge is 0.497 e. The zero-order chi connectivity index (χ0) is 21.5. The molecule has 0 saturated heterocycles. The van der Waals surface area contributed by atoms with Gasteiger partial charge in [0.15, 0.2) is 0 Å². The van der Waals surface area contributed by atoms with E-state index in [2.05, 4.69) is 30.9 Å². The number of hydrogen-bond acceptors (Lipinski definition) is 6. The quantitative estimate of drug-likeness (QED) is 0.415. The van der Waals surface area contributed by atoms with Gasteiger partial charge in [-0.1, -0.05) is 18.2 Å². The van der Waals surface area contributed by atoms with Crippen molar-refractivity contribution in [1.82, 2.24) is 15.0 Å². The van der Waals surface area contributed by atoms with Crippen molar-refractivity contribution in [2.45, 2.75) is 0 Å². The Morgan fingerprint density at radius 2 is 1.52 bits per heavy atom. The molecular formula is C23H20N6O2. The molecule has 8 nitrogen and oxygen atoms in total. The van der Waals surface area contributed by atoms with E-state index in [0.717, 1.165) is 22.6 Å². The molecule has 2 aromatic heterocycles. The normalized spacial score (nSPS) is 10.2. The molecule has 0 bridgehead atoms. The molecule has 4 rings (SSSR count). The molecule has 0 radical (unpaired) electrons. The van der Waals surface area contributed by atoms with E-state index in [1.165, 1.54) is 0 Å². The van der Waals surface area contributed by atoms with Gasteiger partial charge in [-0.25, -0.2) is 14.8 Å². The Bertz CT molecular complexity index is 1150. The van der Waals surface area contributed by atoms with Crippen LogP contribution in [0.15, 0.2) is 85.5 Å². The summed E-state index contributed by atoms with van der Waals surface area (Å²) in [4.78, 5) is 24.9. The van der Waals surface area contributed by atoms with Crippen molar-refractivity contribution in [3.05, 3.63) is 85.5 Å². The Balaban J connectivity index is 1.39. The van der Waals surface area contributed by atoms with Gasteiger partial charge in [0.05, 0.1) is 19.0 Å². The van der Waals surface area contributed by atoms with Crippen molar-refractivity contribution < 1.29 is 9.53 Å². The van der Waals surface area contributed by atoms with Gasteiger partial charge < -0.3 is 20.7 Å². The first kappa shape index (κ1) is 19.8. The van der Waals surface area contributed by atoms with Gasteiger partial charge >= 0.3 is 6.03 Å². The zero-order valence-electron chi connectivity index (χ0n) is 16.7. The van der Waals surface area contributed by atoms with Gasteiger partial charge in [-0.15, -0.1) is 0 Å². The number of nitrogens with zero attached hydrogens (tertiary/aromatic N) is 3. The molecule has 8 heteroatoms. The van der Waals surface area contributed by atoms with Crippen molar-refractivity contribution >= 4 is 29.0 Å². The van der Waals surface area contributed by atoms with Gasteiger partial charge in [-0.2, -0.15) is 0 Å². The maximum atomic E-state index is 12.2. The Morgan fingerprint density at radius 1 is 0.806 bits per heavy atom. The summed E-state index contributed by atoms with van der Waals surface area (Å²) in [6.07, 6.45) is 6.72. The summed E-state index contributed by atoms with van der Waals surface area (Å²) in [7, 11) is 1.64. The number of pyridine rings is 1. The minimum absolute atomic E-state index is 0.356. The number of methoxy groups -OCH3 is 1. The maximum Gasteiger partial charge on any atom is 0.323 e. The molecule has 154 valence electrons. The van der Waals surface area contributed by atoms with Crippen LogP contribution in [0.1, 0.15) is 0 Å². The van der Waals surface area contributed by atoms with Crippen molar-refractivity contribution in [2.24, 2.45) is 0 Å². The lowest BCUT2D eigenvalue weighted by Gasteiger charge is -2.10. The fourth-order valence-corrected chi connectivity index (χ4v) is 2.86. The van der Waals surface area contributed by atoms with Gasteiger partial charge in [0.25, 0.3) is 0 Å². The van der Waals surface area contributed by atoms with E-state index >= 15 is 0 Å². The number of carbonyl (C=O) groups excluding carboxylic acids is 1. The summed E-state index contributed by atoms with van der Waals surface area (Å²) in [6.45, 7) is 0. The minimum Gasteiger partial charge on any atom is -0.497 e. The predicted molar refractivity (Wildman–Crippen MR) is 121 cm³/mol. The van der Waals surface area contributed by atoms with Crippen LogP contribution in [0.2, 0.25) is 0 Å². The van der Waals surface area contributed by atoms with E-state index in [-0.39, 0.29) is 6.03 Å². The maximum absolute atomic E-state index is 12.2. The number of rotatable bonds is 6. The monoisotopic (exact) mass is 412 g/mol. The number of urea groups is 1. The van der Waals surface area contributed by atoms with Crippen LogP contribution in [0, 0.1) is 0 Å². The third-order valence-electron chi connectivity index (χ3n) is 4.37. The van der Waals surface area contributed by atoms with Crippen LogP contribution in [0.5, 0.6) is 5.75 Å². The van der Waals surface area contributed by atoms with Crippen LogP contribution in [-0.4, -0.2) is 28.1 Å². The smallest absolute Gasteiger partial charge is 0.323 e. The highest BCUT2D eigenvalue weighted by Crippen LogP contribution is 2.23. The number of benzene rings is 2. The molecule has 0 aliphatic rings. The second kappa shape index (κ2) is 9.36. The Morgan fingerprint density at radius 3 is 2.23 bits per heavy atom. The van der Waals surface area contributed by atoms with E-state index in [1.54, 1.807) is 56.2 Å². The summed E-state index contributed by atoms with van der Waals surface area (Å²) in [6, 6.07) is 18.1. The number of amides is 2. The van der Waals surface area contributed by atoms with Crippen LogP contribution in [0.4, 0.5) is 27.8 Å². The molecule has 2 aromatic carbocycles. The average molecular weight is 412 g/mol. The number of anilines is 4. The summed E-state index contributed by atoms with van der Waals surface area (Å²) in [5.74, 6) is 1.25. The first-order chi connectivity index (χ1) is 15.2. The van der Waals surface area contributed by atoms with Crippen molar-refractivity contribution in [3.8, 4) is 16.9 Å². The third-order valence-corrected chi connectivity index (χ3v) is 4.37. The van der Waals surface area contributed by atoms with E-state index in [9.17, 15) is 4.79 Å². The average Bonchev–Trinajstić information content (AvgIpc) is 2.80. The summed E-state index contributed by atoms with van der Waals surface area (Å²) < 4.78 is 5.18. The molecule has 3 N–H and O–H groups in total. The molecule has 2 amide bonds. The van der Waals surface area contributed by atoms with Gasteiger partial charge in [0, 0.05) is 35.5 Å². The first-order valence-electron chi connectivity index (χ1n) is 9.51. The van der Waals surface area contributed by atoms with Crippen LogP contribution in [-0.2, 0) is 0 Å². The SMILES string of the molecule is COc1ccc(-c2cnc(Nc3cccc(NC(=O)Nc4cccnc4)c3)nc2)cc1. The van der Waals surface area contributed by atoms with Gasteiger partial charge in [0.2, 0.25) is 5.95 Å². The highest BCUT2D eigenvalue weighted by molar-refractivity contribution is 5.99. The standard InChI is InChI=1S/C23H20N6O2/c1-31-21-9-7-16(8-10-21)17-13-25-22(26-14-17)27-18-4-2-5-19(12-18)28-23(30)29-20-6-3-11-24-15-20/h2-15H,1H3,(H,25,26,27)(H2,28,29,30). The molecule has 0 aliphatic heterocycles. The minimum atomic E-state index is -0.356. The summed E-state index contributed by atoms with van der Waals surface area (Å²) in [5.41, 5.74) is 3.88. The van der Waals surface area contributed by atoms with E-state index < -0.39 is 0 Å². The summed E-state index contributed by atoms with van der Waals surface area (Å²) in [5, 5.41) is 8.65. The number of hydrogen-bond donors (Lipinski definition) is 3. The lowest BCUT2D eigenvalue weighted by molar-refractivity contribution is 0.262. The number of aromatic nitrogens is 3. The molecule has 0 atom stereocenters. The highest BCUT2D eigenvalue weighted by Gasteiger charge is 2.05.